The van der Waals surface area contributed by atoms with E-state index in [9.17, 15) is 8.78 Å². The number of aryl methyl sites for hydroxylation is 1. The zero-order valence-electron chi connectivity index (χ0n) is 11.1. The topological polar surface area (TPSA) is 51.8 Å². The summed E-state index contributed by atoms with van der Waals surface area (Å²) in [5, 5.41) is 10.3. The molecule has 1 heterocycles. The summed E-state index contributed by atoms with van der Waals surface area (Å²) in [6.07, 6.45) is 0. The fourth-order valence-corrected chi connectivity index (χ4v) is 2.94. The predicted molar refractivity (Wildman–Crippen MR) is 79.2 cm³/mol. The number of benzene rings is 2. The SMILES string of the molecule is Cc1nnc(Sc2c(F)cc(N)cc2F)c2ccccc12. The van der Waals surface area contributed by atoms with Crippen LogP contribution in [0.1, 0.15) is 5.69 Å². The Morgan fingerprint density at radius 1 is 1.00 bits per heavy atom. The molecule has 3 nitrogen and oxygen atoms in total. The molecule has 21 heavy (non-hydrogen) atoms. The fraction of sp³-hybridized carbons (Fsp3) is 0.0667. The number of hydrogen-bond acceptors (Lipinski definition) is 4. The van der Waals surface area contributed by atoms with E-state index in [-0.39, 0.29) is 10.6 Å². The van der Waals surface area contributed by atoms with Gasteiger partial charge in [-0.2, -0.15) is 5.10 Å². The number of halogens is 2. The molecule has 0 fully saturated rings. The van der Waals surface area contributed by atoms with Gasteiger partial charge in [0.2, 0.25) is 0 Å². The molecule has 0 radical (unpaired) electrons. The first-order valence-corrected chi connectivity index (χ1v) is 7.02. The lowest BCUT2D eigenvalue weighted by Gasteiger charge is -2.08. The Balaban J connectivity index is 2.13. The molecule has 0 aliphatic heterocycles. The number of nitrogens with zero attached hydrogens (tertiary/aromatic N) is 2. The molecule has 2 aromatic carbocycles. The van der Waals surface area contributed by atoms with E-state index in [1.165, 1.54) is 0 Å². The zero-order chi connectivity index (χ0) is 15.0. The first-order valence-electron chi connectivity index (χ1n) is 6.20. The summed E-state index contributed by atoms with van der Waals surface area (Å²) in [4.78, 5) is -0.132. The summed E-state index contributed by atoms with van der Waals surface area (Å²) in [6.45, 7) is 1.84. The van der Waals surface area contributed by atoms with Gasteiger partial charge in [0, 0.05) is 16.5 Å². The Bertz CT molecular complexity index is 813. The average molecular weight is 303 g/mol. The highest BCUT2D eigenvalue weighted by Gasteiger charge is 2.15. The third kappa shape index (κ3) is 2.54. The monoisotopic (exact) mass is 303 g/mol. The number of rotatable bonds is 2. The van der Waals surface area contributed by atoms with E-state index in [0.717, 1.165) is 40.4 Å². The van der Waals surface area contributed by atoms with Gasteiger partial charge in [0.25, 0.3) is 0 Å². The first kappa shape index (κ1) is 13.8. The number of anilines is 1. The van der Waals surface area contributed by atoms with Crippen molar-refractivity contribution in [3.63, 3.8) is 0 Å². The van der Waals surface area contributed by atoms with Crippen molar-refractivity contribution in [1.82, 2.24) is 10.2 Å². The van der Waals surface area contributed by atoms with Gasteiger partial charge in [-0.05, 0) is 19.1 Å². The Labute approximate surface area is 124 Å². The molecule has 0 unspecified atom stereocenters. The standard InChI is InChI=1S/C15H11F2N3S/c1-8-10-4-2-3-5-11(10)15(20-19-8)21-14-12(16)6-9(18)7-13(14)17/h2-7H,18H2,1H3. The predicted octanol–water partition coefficient (Wildman–Crippen LogP) is 3.95. The highest BCUT2D eigenvalue weighted by atomic mass is 32.2. The van der Waals surface area contributed by atoms with Crippen LogP contribution in [0, 0.1) is 18.6 Å². The van der Waals surface area contributed by atoms with Crippen molar-refractivity contribution in [1.29, 1.82) is 0 Å². The smallest absolute Gasteiger partial charge is 0.142 e. The summed E-state index contributed by atoms with van der Waals surface area (Å²) in [5.74, 6) is -1.41. The van der Waals surface area contributed by atoms with Gasteiger partial charge in [0.05, 0.1) is 10.6 Å². The maximum absolute atomic E-state index is 13.9. The third-order valence-electron chi connectivity index (χ3n) is 3.06. The van der Waals surface area contributed by atoms with Crippen LogP contribution in [0.3, 0.4) is 0 Å². The average Bonchev–Trinajstić information content (AvgIpc) is 2.45. The zero-order valence-corrected chi connectivity index (χ0v) is 11.9. The van der Waals surface area contributed by atoms with Gasteiger partial charge in [0.15, 0.2) is 0 Å². The van der Waals surface area contributed by atoms with Crippen molar-refractivity contribution in [2.75, 3.05) is 5.73 Å². The summed E-state index contributed by atoms with van der Waals surface area (Å²) >= 11 is 0.909. The second kappa shape index (κ2) is 5.29. The molecule has 0 amide bonds. The van der Waals surface area contributed by atoms with Crippen molar-refractivity contribution >= 4 is 28.2 Å². The van der Waals surface area contributed by atoms with E-state index in [0.29, 0.717) is 5.03 Å². The molecular weight excluding hydrogens is 292 g/mol. The second-order valence-electron chi connectivity index (χ2n) is 4.55. The van der Waals surface area contributed by atoms with Crippen molar-refractivity contribution in [2.45, 2.75) is 16.8 Å². The normalized spacial score (nSPS) is 11.0. The van der Waals surface area contributed by atoms with Crippen LogP contribution in [0.5, 0.6) is 0 Å². The molecule has 3 rings (SSSR count). The van der Waals surface area contributed by atoms with Crippen LogP contribution in [0.4, 0.5) is 14.5 Å². The number of fused-ring (bicyclic) bond motifs is 1. The number of nitrogens with two attached hydrogens (primary N) is 1. The van der Waals surface area contributed by atoms with Crippen molar-refractivity contribution in [2.24, 2.45) is 0 Å². The first-order chi connectivity index (χ1) is 10.1. The largest absolute Gasteiger partial charge is 0.399 e. The van der Waals surface area contributed by atoms with Crippen LogP contribution in [-0.2, 0) is 0 Å². The molecule has 1 aromatic heterocycles. The lowest BCUT2D eigenvalue weighted by Crippen LogP contribution is -1.96. The number of aromatic nitrogens is 2. The molecule has 0 spiro atoms. The lowest BCUT2D eigenvalue weighted by molar-refractivity contribution is 0.541. The Morgan fingerprint density at radius 3 is 2.29 bits per heavy atom. The second-order valence-corrected chi connectivity index (χ2v) is 5.55. The molecular formula is C15H11F2N3S. The third-order valence-corrected chi connectivity index (χ3v) is 4.15. The minimum atomic E-state index is -0.705. The van der Waals surface area contributed by atoms with E-state index in [1.807, 2.05) is 31.2 Å². The minimum absolute atomic E-state index is 0.0502. The fourth-order valence-electron chi connectivity index (χ4n) is 2.06. The van der Waals surface area contributed by atoms with Gasteiger partial charge in [0.1, 0.15) is 16.7 Å². The Kier molecular flexibility index (Phi) is 3.47. The molecule has 0 saturated heterocycles. The van der Waals surface area contributed by atoms with Gasteiger partial charge >= 0.3 is 0 Å². The molecule has 106 valence electrons. The highest BCUT2D eigenvalue weighted by Crippen LogP contribution is 2.35. The molecule has 0 saturated carbocycles. The maximum atomic E-state index is 13.9. The van der Waals surface area contributed by atoms with Crippen LogP contribution >= 0.6 is 11.8 Å². The number of nitrogen functional groups attached to an aromatic ring is 1. The molecule has 0 atom stereocenters. The van der Waals surface area contributed by atoms with Gasteiger partial charge in [-0.25, -0.2) is 8.78 Å². The molecule has 0 aliphatic carbocycles. The van der Waals surface area contributed by atoms with Gasteiger partial charge in [-0.15, -0.1) is 5.10 Å². The Morgan fingerprint density at radius 2 is 1.62 bits per heavy atom. The molecule has 2 N–H and O–H groups in total. The summed E-state index contributed by atoms with van der Waals surface area (Å²) < 4.78 is 27.8. The quantitative estimate of drug-likeness (QED) is 0.728. The molecule has 0 bridgehead atoms. The van der Waals surface area contributed by atoms with E-state index in [1.54, 1.807) is 0 Å². The maximum Gasteiger partial charge on any atom is 0.142 e. The number of hydrogen-bond donors (Lipinski definition) is 1. The van der Waals surface area contributed by atoms with Gasteiger partial charge in [-0.1, -0.05) is 36.0 Å². The van der Waals surface area contributed by atoms with E-state index < -0.39 is 11.6 Å². The van der Waals surface area contributed by atoms with Crippen LogP contribution in [0.2, 0.25) is 0 Å². The molecule has 3 aromatic rings. The van der Waals surface area contributed by atoms with Gasteiger partial charge in [-0.3, -0.25) is 0 Å². The van der Waals surface area contributed by atoms with E-state index in [2.05, 4.69) is 10.2 Å². The summed E-state index contributed by atoms with van der Waals surface area (Å²) in [5.41, 5.74) is 6.24. The van der Waals surface area contributed by atoms with Crippen molar-refractivity contribution in [3.8, 4) is 0 Å². The summed E-state index contributed by atoms with van der Waals surface area (Å²) in [7, 11) is 0. The van der Waals surface area contributed by atoms with Crippen LogP contribution < -0.4 is 5.73 Å². The Hall–Kier alpha value is -2.21. The minimum Gasteiger partial charge on any atom is -0.399 e. The van der Waals surface area contributed by atoms with E-state index >= 15 is 0 Å². The highest BCUT2D eigenvalue weighted by molar-refractivity contribution is 7.99. The van der Waals surface area contributed by atoms with Crippen LogP contribution in [0.25, 0.3) is 10.8 Å². The summed E-state index contributed by atoms with van der Waals surface area (Å²) in [6, 6.07) is 9.68. The van der Waals surface area contributed by atoms with Crippen molar-refractivity contribution < 1.29 is 8.78 Å². The lowest BCUT2D eigenvalue weighted by atomic mass is 10.1. The van der Waals surface area contributed by atoms with Crippen LogP contribution in [-0.4, -0.2) is 10.2 Å². The van der Waals surface area contributed by atoms with E-state index in [4.69, 9.17) is 5.73 Å². The molecule has 6 heteroatoms. The molecule has 0 aliphatic rings. The van der Waals surface area contributed by atoms with Crippen molar-refractivity contribution in [3.05, 3.63) is 53.7 Å². The van der Waals surface area contributed by atoms with Gasteiger partial charge < -0.3 is 5.73 Å². The van der Waals surface area contributed by atoms with Crippen LogP contribution in [0.15, 0.2) is 46.3 Å².